The molecule has 0 saturated carbocycles. The number of benzene rings is 1. The molecule has 0 atom stereocenters. The molecule has 2 amide bonds. The number of halogens is 1. The second-order valence-corrected chi connectivity index (χ2v) is 9.46. The number of aryl methyl sites for hydroxylation is 1. The topological polar surface area (TPSA) is 106 Å². The highest BCUT2D eigenvalue weighted by Gasteiger charge is 2.18. The first-order valence-corrected chi connectivity index (χ1v) is 11.9. The van der Waals surface area contributed by atoms with Gasteiger partial charge in [-0.1, -0.05) is 23.7 Å². The highest BCUT2D eigenvalue weighted by Crippen LogP contribution is 2.31. The van der Waals surface area contributed by atoms with Gasteiger partial charge in [-0.2, -0.15) is 5.10 Å². The molecule has 0 fully saturated rings. The number of hydrogen-bond donors (Lipinski definition) is 2. The lowest BCUT2D eigenvalue weighted by Gasteiger charge is -2.12. The maximum Gasteiger partial charge on any atom is 0.281 e. The molecule has 11 heteroatoms. The van der Waals surface area contributed by atoms with Crippen LogP contribution in [0.4, 0.5) is 5.13 Å². The van der Waals surface area contributed by atoms with Gasteiger partial charge in [-0.25, -0.2) is 9.67 Å². The summed E-state index contributed by atoms with van der Waals surface area (Å²) >= 11 is 9.01. The molecule has 8 nitrogen and oxygen atoms in total. The number of nitrogens with one attached hydrogen (secondary N) is 2. The first-order valence-electron chi connectivity index (χ1n) is 9.78. The minimum absolute atomic E-state index is 0.0954. The van der Waals surface area contributed by atoms with Crippen molar-refractivity contribution in [3.05, 3.63) is 79.4 Å². The number of hydrogen-bond acceptors (Lipinski definition) is 7. The summed E-state index contributed by atoms with van der Waals surface area (Å²) in [6.07, 6.45) is 0. The zero-order valence-electron chi connectivity index (χ0n) is 17.6. The van der Waals surface area contributed by atoms with Crippen LogP contribution < -0.4 is 16.1 Å². The number of aromatic nitrogens is 3. The summed E-state index contributed by atoms with van der Waals surface area (Å²) < 4.78 is 1.47. The lowest BCUT2D eigenvalue weighted by molar-refractivity contribution is -0.119. The maximum absolute atomic E-state index is 12.8. The minimum atomic E-state index is -0.653. The lowest BCUT2D eigenvalue weighted by Crippen LogP contribution is -2.27. The highest BCUT2D eigenvalue weighted by molar-refractivity contribution is 7.17. The van der Waals surface area contributed by atoms with Crippen molar-refractivity contribution in [1.82, 2.24) is 20.1 Å². The Morgan fingerprint density at radius 1 is 1.18 bits per heavy atom. The monoisotopic (exact) mass is 499 g/mol. The van der Waals surface area contributed by atoms with Gasteiger partial charge >= 0.3 is 0 Å². The smallest absolute Gasteiger partial charge is 0.281 e. The Balaban J connectivity index is 1.54. The van der Waals surface area contributed by atoms with Crippen LogP contribution >= 0.6 is 34.3 Å². The number of carbonyl (C=O) groups excluding carboxylic acids is 2. The number of thiazole rings is 1. The van der Waals surface area contributed by atoms with E-state index in [1.54, 1.807) is 31.2 Å². The van der Waals surface area contributed by atoms with Crippen LogP contribution in [0.15, 0.2) is 52.6 Å². The molecule has 0 saturated heterocycles. The molecule has 4 rings (SSSR count). The second kappa shape index (κ2) is 9.65. The molecule has 4 aromatic rings. The molecule has 0 aliphatic carbocycles. The van der Waals surface area contributed by atoms with E-state index in [1.165, 1.54) is 40.3 Å². The Morgan fingerprint density at radius 2 is 1.97 bits per heavy atom. The third-order valence-electron chi connectivity index (χ3n) is 4.55. The minimum Gasteiger partial charge on any atom is -0.351 e. The number of rotatable bonds is 6. The zero-order valence-corrected chi connectivity index (χ0v) is 20.0. The van der Waals surface area contributed by atoms with E-state index >= 15 is 0 Å². The first kappa shape index (κ1) is 22.8. The lowest BCUT2D eigenvalue weighted by atomic mass is 10.2. The standard InChI is InChI=1S/C22H18ClN5O3S2/c1-12-9-18(30)20(27-28(12)17-6-4-3-5-15(17)23)21(31)26-22-25-16(11-32-22)19-8-7-14(33-19)10-24-13(2)29/h3-9,11H,10H2,1-2H3,(H,24,29)(H,25,26,31). The van der Waals surface area contributed by atoms with Gasteiger partial charge in [0, 0.05) is 28.9 Å². The molecule has 1 aromatic carbocycles. The number of para-hydroxylation sites is 1. The van der Waals surface area contributed by atoms with Crippen LogP contribution in [-0.4, -0.2) is 26.6 Å². The Kier molecular flexibility index (Phi) is 6.68. The summed E-state index contributed by atoms with van der Waals surface area (Å²) in [4.78, 5) is 42.7. The molecular weight excluding hydrogens is 482 g/mol. The summed E-state index contributed by atoms with van der Waals surface area (Å²) in [5.41, 5.74) is 1.06. The molecular formula is C22H18ClN5O3S2. The molecule has 3 aromatic heterocycles. The largest absolute Gasteiger partial charge is 0.351 e. The fourth-order valence-electron chi connectivity index (χ4n) is 2.99. The van der Waals surface area contributed by atoms with Gasteiger partial charge in [-0.05, 0) is 31.2 Å². The van der Waals surface area contributed by atoms with Crippen molar-refractivity contribution in [3.63, 3.8) is 0 Å². The van der Waals surface area contributed by atoms with E-state index in [4.69, 9.17) is 11.6 Å². The van der Waals surface area contributed by atoms with Crippen molar-refractivity contribution in [1.29, 1.82) is 0 Å². The second-order valence-electron chi connectivity index (χ2n) is 7.03. The van der Waals surface area contributed by atoms with Crippen molar-refractivity contribution >= 4 is 51.2 Å². The van der Waals surface area contributed by atoms with E-state index in [-0.39, 0.29) is 11.6 Å². The van der Waals surface area contributed by atoms with Gasteiger partial charge in [-0.3, -0.25) is 19.7 Å². The summed E-state index contributed by atoms with van der Waals surface area (Å²) in [7, 11) is 0. The Bertz CT molecular complexity index is 1410. The van der Waals surface area contributed by atoms with Gasteiger partial charge in [-0.15, -0.1) is 22.7 Å². The summed E-state index contributed by atoms with van der Waals surface area (Å²) in [6, 6.07) is 12.2. The van der Waals surface area contributed by atoms with Crippen LogP contribution in [0, 0.1) is 6.92 Å². The average Bonchev–Trinajstić information content (AvgIpc) is 3.42. The zero-order chi connectivity index (χ0) is 23.5. The molecule has 3 heterocycles. The number of amides is 2. The molecule has 33 heavy (non-hydrogen) atoms. The van der Waals surface area contributed by atoms with E-state index in [1.807, 2.05) is 17.5 Å². The van der Waals surface area contributed by atoms with Gasteiger partial charge in [0.25, 0.3) is 5.91 Å². The van der Waals surface area contributed by atoms with Crippen molar-refractivity contribution in [2.45, 2.75) is 20.4 Å². The fraction of sp³-hybridized carbons (Fsp3) is 0.136. The SMILES string of the molecule is CC(=O)NCc1ccc(-c2csc(NC(=O)c3nn(-c4ccccc4Cl)c(C)cc3=O)n2)s1. The maximum atomic E-state index is 12.8. The Labute approximate surface area is 201 Å². The van der Waals surface area contributed by atoms with Crippen molar-refractivity contribution in [2.24, 2.45) is 0 Å². The number of carbonyl (C=O) groups is 2. The molecule has 0 spiro atoms. The first-order chi connectivity index (χ1) is 15.8. The number of nitrogens with zero attached hydrogens (tertiary/aromatic N) is 3. The molecule has 0 aliphatic rings. The van der Waals surface area contributed by atoms with E-state index in [0.717, 1.165) is 9.75 Å². The van der Waals surface area contributed by atoms with Gasteiger partial charge < -0.3 is 5.32 Å². The number of thiophene rings is 1. The van der Waals surface area contributed by atoms with Crippen LogP contribution in [0.3, 0.4) is 0 Å². The molecule has 0 radical (unpaired) electrons. The third kappa shape index (κ3) is 5.19. The van der Waals surface area contributed by atoms with Crippen LogP contribution in [-0.2, 0) is 11.3 Å². The van der Waals surface area contributed by atoms with Crippen molar-refractivity contribution in [3.8, 4) is 16.3 Å². The van der Waals surface area contributed by atoms with Gasteiger partial charge in [0.05, 0.1) is 27.8 Å². The van der Waals surface area contributed by atoms with Crippen molar-refractivity contribution in [2.75, 3.05) is 5.32 Å². The molecule has 2 N–H and O–H groups in total. The van der Waals surface area contributed by atoms with Gasteiger partial charge in [0.1, 0.15) is 0 Å². The van der Waals surface area contributed by atoms with E-state index in [9.17, 15) is 14.4 Å². The van der Waals surface area contributed by atoms with Crippen LogP contribution in [0.1, 0.15) is 28.0 Å². The molecule has 168 valence electrons. The molecule has 0 aliphatic heterocycles. The van der Waals surface area contributed by atoms with Gasteiger partial charge in [0.15, 0.2) is 10.8 Å². The predicted octanol–water partition coefficient (Wildman–Crippen LogP) is 4.27. The fourth-order valence-corrected chi connectivity index (χ4v) is 4.90. The van der Waals surface area contributed by atoms with E-state index in [2.05, 4.69) is 20.7 Å². The summed E-state index contributed by atoms with van der Waals surface area (Å²) in [5.74, 6) is -0.749. The quantitative estimate of drug-likeness (QED) is 0.412. The Hall–Kier alpha value is -3.34. The summed E-state index contributed by atoms with van der Waals surface area (Å²) in [5, 5.41) is 12.3. The normalized spacial score (nSPS) is 10.8. The van der Waals surface area contributed by atoms with E-state index in [0.29, 0.717) is 33.8 Å². The highest BCUT2D eigenvalue weighted by atomic mass is 35.5. The van der Waals surface area contributed by atoms with Crippen LogP contribution in [0.2, 0.25) is 5.02 Å². The van der Waals surface area contributed by atoms with Crippen LogP contribution in [0.25, 0.3) is 16.3 Å². The Morgan fingerprint density at radius 3 is 2.73 bits per heavy atom. The van der Waals surface area contributed by atoms with E-state index < -0.39 is 11.3 Å². The summed E-state index contributed by atoms with van der Waals surface area (Å²) in [6.45, 7) is 3.63. The van der Waals surface area contributed by atoms with Crippen LogP contribution in [0.5, 0.6) is 0 Å². The molecule has 0 unspecified atom stereocenters. The van der Waals surface area contributed by atoms with Crippen molar-refractivity contribution < 1.29 is 9.59 Å². The third-order valence-corrected chi connectivity index (χ3v) is 6.74. The van der Waals surface area contributed by atoms with Gasteiger partial charge in [0.2, 0.25) is 11.3 Å². The average molecular weight is 500 g/mol. The molecule has 0 bridgehead atoms. The predicted molar refractivity (Wildman–Crippen MR) is 130 cm³/mol. The number of anilines is 1.